The minimum Gasteiger partial charge on any atom is -0.322 e. The van der Waals surface area contributed by atoms with Crippen LogP contribution in [0, 0.1) is 5.82 Å². The quantitative estimate of drug-likeness (QED) is 0.767. The summed E-state index contributed by atoms with van der Waals surface area (Å²) in [7, 11) is 0. The number of nitrogens with zero attached hydrogens (tertiary/aromatic N) is 2. The van der Waals surface area contributed by atoms with E-state index >= 15 is 0 Å². The number of benzene rings is 2. The summed E-state index contributed by atoms with van der Waals surface area (Å²) in [6, 6.07) is 16.5. The van der Waals surface area contributed by atoms with Crippen molar-refractivity contribution in [2.75, 3.05) is 5.32 Å². The van der Waals surface area contributed by atoms with E-state index in [1.165, 1.54) is 28.8 Å². The number of nitrogens with one attached hydrogen (secondary N) is 1. The van der Waals surface area contributed by atoms with Crippen molar-refractivity contribution in [1.82, 2.24) is 9.55 Å². The molecule has 26 heavy (non-hydrogen) atoms. The zero-order chi connectivity index (χ0) is 18.5. The van der Waals surface area contributed by atoms with Gasteiger partial charge in [-0.3, -0.25) is 14.2 Å². The number of hydrogen-bond acceptors (Lipinski definition) is 3. The molecule has 2 aromatic carbocycles. The maximum Gasteiger partial charge on any atom is 0.254 e. The van der Waals surface area contributed by atoms with Crippen LogP contribution in [0.1, 0.15) is 12.6 Å². The molecule has 1 aromatic heterocycles. The lowest BCUT2D eigenvalue weighted by Gasteiger charge is -2.13. The zero-order valence-corrected chi connectivity index (χ0v) is 14.3. The highest BCUT2D eigenvalue weighted by atomic mass is 19.1. The number of aryl methyl sites for hydroxylation is 1. The van der Waals surface area contributed by atoms with E-state index in [1.54, 1.807) is 6.07 Å². The summed E-state index contributed by atoms with van der Waals surface area (Å²) in [5.74, 6) is -0.616. The molecule has 0 spiro atoms. The third-order valence-corrected chi connectivity index (χ3v) is 3.91. The van der Waals surface area contributed by atoms with Crippen molar-refractivity contribution < 1.29 is 9.18 Å². The molecule has 0 aliphatic rings. The van der Waals surface area contributed by atoms with Crippen molar-refractivity contribution >= 4 is 11.6 Å². The normalized spacial score (nSPS) is 10.5. The molecule has 1 amide bonds. The van der Waals surface area contributed by atoms with Crippen LogP contribution in [0.2, 0.25) is 0 Å². The first-order valence-electron chi connectivity index (χ1n) is 8.29. The summed E-state index contributed by atoms with van der Waals surface area (Å²) >= 11 is 0. The number of hydrogen-bond donors (Lipinski definition) is 1. The fraction of sp³-hybridized carbons (Fsp3) is 0.150. The van der Waals surface area contributed by atoms with Crippen LogP contribution >= 0.6 is 0 Å². The van der Waals surface area contributed by atoms with Gasteiger partial charge in [0.2, 0.25) is 5.91 Å². The van der Waals surface area contributed by atoms with E-state index in [9.17, 15) is 14.0 Å². The molecule has 0 fully saturated rings. The minimum absolute atomic E-state index is 0.0740. The summed E-state index contributed by atoms with van der Waals surface area (Å²) in [4.78, 5) is 29.4. The van der Waals surface area contributed by atoms with Crippen LogP contribution in [0.3, 0.4) is 0 Å². The molecule has 0 aliphatic carbocycles. The summed E-state index contributed by atoms with van der Waals surface area (Å²) < 4.78 is 15.0. The molecule has 0 unspecified atom stereocenters. The van der Waals surface area contributed by atoms with Crippen LogP contribution in [0.4, 0.5) is 10.1 Å². The summed E-state index contributed by atoms with van der Waals surface area (Å²) in [5, 5.41) is 2.49. The van der Waals surface area contributed by atoms with Crippen molar-refractivity contribution in [1.29, 1.82) is 0 Å². The molecule has 6 heteroatoms. The SMILES string of the molecule is CCc1cc(=O)n(CC(=O)Nc2ccccc2F)c(-c2ccccc2)n1. The van der Waals surface area contributed by atoms with E-state index in [1.807, 2.05) is 37.3 Å². The lowest BCUT2D eigenvalue weighted by atomic mass is 10.2. The first-order chi connectivity index (χ1) is 12.6. The topological polar surface area (TPSA) is 64.0 Å². The number of para-hydroxylation sites is 1. The fourth-order valence-electron chi connectivity index (χ4n) is 2.59. The predicted molar refractivity (Wildman–Crippen MR) is 98.3 cm³/mol. The van der Waals surface area contributed by atoms with Gasteiger partial charge in [-0.2, -0.15) is 0 Å². The van der Waals surface area contributed by atoms with Crippen molar-refractivity contribution in [3.8, 4) is 11.4 Å². The molecular formula is C20H18FN3O2. The first-order valence-corrected chi connectivity index (χ1v) is 8.29. The molecule has 3 rings (SSSR count). The number of halogens is 1. The average Bonchev–Trinajstić information content (AvgIpc) is 2.65. The Morgan fingerprint density at radius 2 is 1.81 bits per heavy atom. The van der Waals surface area contributed by atoms with Crippen molar-refractivity contribution in [3.63, 3.8) is 0 Å². The van der Waals surface area contributed by atoms with Gasteiger partial charge in [-0.05, 0) is 18.6 Å². The predicted octanol–water partition coefficient (Wildman–Crippen LogP) is 3.25. The molecule has 1 N–H and O–H groups in total. The fourth-order valence-corrected chi connectivity index (χ4v) is 2.59. The van der Waals surface area contributed by atoms with E-state index in [-0.39, 0.29) is 17.8 Å². The Labute approximate surface area is 150 Å². The molecule has 0 saturated carbocycles. The standard InChI is InChI=1S/C20H18FN3O2/c1-2-15-12-19(26)24(20(22-15)14-8-4-3-5-9-14)13-18(25)23-17-11-7-6-10-16(17)21/h3-12H,2,13H2,1H3,(H,23,25). The Morgan fingerprint density at radius 3 is 2.50 bits per heavy atom. The number of amides is 1. The average molecular weight is 351 g/mol. The molecule has 0 bridgehead atoms. The van der Waals surface area contributed by atoms with E-state index in [0.717, 1.165) is 5.56 Å². The van der Waals surface area contributed by atoms with Gasteiger partial charge in [-0.25, -0.2) is 9.37 Å². The Hall–Kier alpha value is -3.28. The second-order valence-corrected chi connectivity index (χ2v) is 5.74. The number of anilines is 1. The van der Waals surface area contributed by atoms with Crippen LogP contribution in [-0.4, -0.2) is 15.5 Å². The van der Waals surface area contributed by atoms with Gasteiger partial charge in [0, 0.05) is 17.3 Å². The molecule has 5 nitrogen and oxygen atoms in total. The molecule has 0 saturated heterocycles. The second-order valence-electron chi connectivity index (χ2n) is 5.74. The van der Waals surface area contributed by atoms with Gasteiger partial charge in [0.15, 0.2) is 0 Å². The van der Waals surface area contributed by atoms with Gasteiger partial charge >= 0.3 is 0 Å². The number of carbonyl (C=O) groups is 1. The molecular weight excluding hydrogens is 333 g/mol. The van der Waals surface area contributed by atoms with Gasteiger partial charge in [-0.15, -0.1) is 0 Å². The number of aromatic nitrogens is 2. The van der Waals surface area contributed by atoms with Gasteiger partial charge in [0.1, 0.15) is 18.2 Å². The van der Waals surface area contributed by atoms with Crippen LogP contribution in [0.5, 0.6) is 0 Å². The first kappa shape index (κ1) is 17.5. The van der Waals surface area contributed by atoms with Crippen molar-refractivity contribution in [3.05, 3.63) is 82.5 Å². The monoisotopic (exact) mass is 351 g/mol. The highest BCUT2D eigenvalue weighted by molar-refractivity contribution is 5.90. The highest BCUT2D eigenvalue weighted by Crippen LogP contribution is 2.17. The number of rotatable bonds is 5. The Morgan fingerprint density at radius 1 is 1.12 bits per heavy atom. The summed E-state index contributed by atoms with van der Waals surface area (Å²) in [5.41, 5.74) is 1.14. The molecule has 0 radical (unpaired) electrons. The Balaban J connectivity index is 1.95. The van der Waals surface area contributed by atoms with E-state index in [2.05, 4.69) is 10.3 Å². The van der Waals surface area contributed by atoms with Gasteiger partial charge in [-0.1, -0.05) is 49.4 Å². The van der Waals surface area contributed by atoms with Crippen molar-refractivity contribution in [2.45, 2.75) is 19.9 Å². The third-order valence-electron chi connectivity index (χ3n) is 3.91. The van der Waals surface area contributed by atoms with Gasteiger partial charge < -0.3 is 5.32 Å². The minimum atomic E-state index is -0.532. The highest BCUT2D eigenvalue weighted by Gasteiger charge is 2.14. The molecule has 0 atom stereocenters. The van der Waals surface area contributed by atoms with Gasteiger partial charge in [0.05, 0.1) is 5.69 Å². The lowest BCUT2D eigenvalue weighted by molar-refractivity contribution is -0.116. The maximum absolute atomic E-state index is 13.7. The third kappa shape index (κ3) is 3.85. The summed E-state index contributed by atoms with van der Waals surface area (Å²) in [6.45, 7) is 1.65. The Kier molecular flexibility index (Phi) is 5.22. The largest absolute Gasteiger partial charge is 0.322 e. The van der Waals surface area contributed by atoms with E-state index < -0.39 is 11.7 Å². The lowest BCUT2D eigenvalue weighted by Crippen LogP contribution is -2.30. The molecule has 3 aromatic rings. The molecule has 0 aliphatic heterocycles. The summed E-state index contributed by atoms with van der Waals surface area (Å²) in [6.07, 6.45) is 0.608. The van der Waals surface area contributed by atoms with Crippen LogP contribution in [-0.2, 0) is 17.8 Å². The van der Waals surface area contributed by atoms with Gasteiger partial charge in [0.25, 0.3) is 5.56 Å². The van der Waals surface area contributed by atoms with Crippen LogP contribution < -0.4 is 10.9 Å². The molecule has 132 valence electrons. The second kappa shape index (κ2) is 7.74. The zero-order valence-electron chi connectivity index (χ0n) is 14.3. The van der Waals surface area contributed by atoms with Crippen LogP contribution in [0.15, 0.2) is 65.5 Å². The molecule has 1 heterocycles. The number of carbonyl (C=O) groups excluding carboxylic acids is 1. The smallest absolute Gasteiger partial charge is 0.254 e. The van der Waals surface area contributed by atoms with Crippen LogP contribution in [0.25, 0.3) is 11.4 Å². The Bertz CT molecular complexity index is 984. The van der Waals surface area contributed by atoms with E-state index in [0.29, 0.717) is 17.9 Å². The van der Waals surface area contributed by atoms with E-state index in [4.69, 9.17) is 0 Å². The maximum atomic E-state index is 13.7. The van der Waals surface area contributed by atoms with Crippen molar-refractivity contribution in [2.24, 2.45) is 0 Å².